The van der Waals surface area contributed by atoms with Crippen molar-refractivity contribution < 1.29 is 55.3 Å². The second kappa shape index (κ2) is 10.7. The molecular weight excluding hydrogens is 642 g/mol. The third-order valence-corrected chi connectivity index (χ3v) is 9.12. The fourth-order valence-corrected chi connectivity index (χ4v) is 7.08. The highest BCUT2D eigenvalue weighted by molar-refractivity contribution is 7.47. The van der Waals surface area contributed by atoms with E-state index in [-0.39, 0.29) is 28.1 Å². The van der Waals surface area contributed by atoms with Crippen LogP contribution in [0.4, 0.5) is 14.6 Å². The number of hydrogen-bond donors (Lipinski definition) is 4. The van der Waals surface area contributed by atoms with E-state index in [0.29, 0.717) is 0 Å². The first-order valence-electron chi connectivity index (χ1n) is 12.7. The molecule has 0 radical (unpaired) electrons. The number of nitrogens with zero attached hydrogens (tertiary/aromatic N) is 7. The molecule has 0 aromatic carbocycles. The van der Waals surface area contributed by atoms with Gasteiger partial charge in [0, 0.05) is 0 Å². The zero-order chi connectivity index (χ0) is 31.0. The number of rotatable bonds is 2. The molecule has 7 heterocycles. The highest BCUT2D eigenvalue weighted by Crippen LogP contribution is 2.54. The number of halogens is 2. The van der Waals surface area contributed by atoms with Gasteiger partial charge >= 0.3 is 15.6 Å². The number of phosphoric ester groups is 2. The summed E-state index contributed by atoms with van der Waals surface area (Å²) in [7, 11) is -10.3. The predicted molar refractivity (Wildman–Crippen MR) is 137 cm³/mol. The molecule has 10 atom stereocenters. The number of phosphoric acid groups is 2. The lowest BCUT2D eigenvalue weighted by atomic mass is 10.1. The Hall–Kier alpha value is -3.30. The van der Waals surface area contributed by atoms with Crippen LogP contribution < -0.4 is 11.3 Å². The zero-order valence-corrected chi connectivity index (χ0v) is 23.6. The van der Waals surface area contributed by atoms with Crippen LogP contribution in [0.3, 0.4) is 0 Å². The van der Waals surface area contributed by atoms with Crippen molar-refractivity contribution in [3.8, 4) is 0 Å². The summed E-state index contributed by atoms with van der Waals surface area (Å²) in [6.07, 6.45) is -10.4. The van der Waals surface area contributed by atoms with Gasteiger partial charge in [0.1, 0.15) is 36.3 Å². The van der Waals surface area contributed by atoms with Gasteiger partial charge in [-0.05, 0) is 0 Å². The quantitative estimate of drug-likeness (QED) is 0.206. The molecule has 4 aromatic heterocycles. The van der Waals surface area contributed by atoms with Crippen molar-refractivity contribution in [2.24, 2.45) is 0 Å². The molecule has 3 aliphatic rings. The minimum atomic E-state index is -5.15. The number of imidazole rings is 2. The Morgan fingerprint density at radius 3 is 1.93 bits per heavy atom. The number of alkyl halides is 2. The lowest BCUT2D eigenvalue weighted by Gasteiger charge is -2.27. The Morgan fingerprint density at radius 2 is 1.36 bits per heavy atom. The molecule has 2 unspecified atom stereocenters. The summed E-state index contributed by atoms with van der Waals surface area (Å²) in [6.45, 7) is -1.85. The summed E-state index contributed by atoms with van der Waals surface area (Å²) >= 11 is 0. The monoisotopic (exact) mass is 663 g/mol. The Bertz CT molecular complexity index is 1890. The molecule has 236 valence electrons. The lowest BCUT2D eigenvalue weighted by molar-refractivity contribution is -0.0662. The van der Waals surface area contributed by atoms with Crippen LogP contribution in [-0.4, -0.2) is 98.8 Å². The first-order valence-corrected chi connectivity index (χ1v) is 15.7. The van der Waals surface area contributed by atoms with Crippen LogP contribution in [0, 0.1) is 0 Å². The predicted octanol–water partition coefficient (Wildman–Crippen LogP) is 0.0307. The van der Waals surface area contributed by atoms with Crippen molar-refractivity contribution in [2.45, 2.75) is 49.2 Å². The number of fused-ring (bicyclic) bond motifs is 4. The number of nitrogen functional groups attached to an aromatic ring is 1. The van der Waals surface area contributed by atoms with E-state index in [2.05, 4.69) is 29.9 Å². The molecule has 0 aliphatic carbocycles. The summed E-state index contributed by atoms with van der Waals surface area (Å²) in [4.78, 5) is 55.0. The first-order chi connectivity index (χ1) is 20.9. The maximum absolute atomic E-state index is 15.8. The largest absolute Gasteiger partial charge is 0.472 e. The van der Waals surface area contributed by atoms with Gasteiger partial charge in [-0.1, -0.05) is 0 Å². The fraction of sp³-hybridized carbons (Fsp3) is 0.500. The van der Waals surface area contributed by atoms with Crippen molar-refractivity contribution in [1.29, 1.82) is 0 Å². The van der Waals surface area contributed by atoms with Crippen molar-refractivity contribution in [3.63, 3.8) is 0 Å². The SMILES string of the molecule is Nc1ncnc2c1ncn2[C@@H]1O[C@@H]2COP(=O)(O)O[C@H]3[C@@H](F)[C@H](n4cnc5c(=O)[nH]cnc54)O[C@@H]3COP(=O)(O)O[C@H]2[C@H]1F. The van der Waals surface area contributed by atoms with Crippen LogP contribution in [0.25, 0.3) is 22.3 Å². The lowest BCUT2D eigenvalue weighted by Crippen LogP contribution is -2.37. The van der Waals surface area contributed by atoms with Crippen LogP contribution in [0.2, 0.25) is 0 Å². The van der Waals surface area contributed by atoms with E-state index >= 15 is 8.78 Å². The summed E-state index contributed by atoms with van der Waals surface area (Å²) in [5, 5.41) is 0. The number of nitrogens with one attached hydrogen (secondary N) is 1. The van der Waals surface area contributed by atoms with Crippen molar-refractivity contribution in [1.82, 2.24) is 39.0 Å². The third kappa shape index (κ3) is 5.02. The van der Waals surface area contributed by atoms with Crippen molar-refractivity contribution in [3.05, 3.63) is 35.7 Å². The van der Waals surface area contributed by atoms with E-state index in [1.807, 2.05) is 0 Å². The van der Waals surface area contributed by atoms with Gasteiger partial charge in [-0.3, -0.25) is 32.0 Å². The first kappa shape index (κ1) is 29.4. The number of anilines is 1. The molecule has 4 aromatic rings. The molecule has 20 nitrogen and oxygen atoms in total. The number of aromatic nitrogens is 8. The number of H-pyrrole nitrogens is 1. The van der Waals surface area contributed by atoms with E-state index in [9.17, 15) is 23.7 Å². The van der Waals surface area contributed by atoms with Gasteiger partial charge in [0.25, 0.3) is 5.56 Å². The molecule has 0 spiro atoms. The molecule has 0 bridgehead atoms. The smallest absolute Gasteiger partial charge is 0.382 e. The van der Waals surface area contributed by atoms with Gasteiger partial charge in [0.2, 0.25) is 0 Å². The minimum Gasteiger partial charge on any atom is -0.382 e. The molecule has 24 heteroatoms. The molecule has 0 saturated carbocycles. The van der Waals surface area contributed by atoms with E-state index < -0.39 is 83.6 Å². The molecule has 3 saturated heterocycles. The molecule has 44 heavy (non-hydrogen) atoms. The maximum Gasteiger partial charge on any atom is 0.472 e. The highest BCUT2D eigenvalue weighted by Gasteiger charge is 2.55. The maximum atomic E-state index is 15.8. The topological polar surface area (TPSA) is 263 Å². The summed E-state index contributed by atoms with van der Waals surface area (Å²) < 4.78 is 91.2. The van der Waals surface area contributed by atoms with E-state index in [0.717, 1.165) is 34.4 Å². The van der Waals surface area contributed by atoms with E-state index in [1.165, 1.54) is 0 Å². The average molecular weight is 663 g/mol. The highest BCUT2D eigenvalue weighted by atomic mass is 31.2. The van der Waals surface area contributed by atoms with E-state index in [1.54, 1.807) is 0 Å². The molecule has 7 rings (SSSR count). The Balaban J connectivity index is 1.17. The summed E-state index contributed by atoms with van der Waals surface area (Å²) in [6, 6.07) is 0. The summed E-state index contributed by atoms with van der Waals surface area (Å²) in [5.41, 5.74) is 5.09. The van der Waals surface area contributed by atoms with E-state index in [4.69, 9.17) is 33.3 Å². The van der Waals surface area contributed by atoms with Crippen LogP contribution in [0.15, 0.2) is 30.1 Å². The van der Waals surface area contributed by atoms with Crippen LogP contribution in [-0.2, 0) is 36.7 Å². The second-order valence-electron chi connectivity index (χ2n) is 9.83. The number of hydrogen-bond acceptors (Lipinski definition) is 15. The average Bonchev–Trinajstić information content (AvgIpc) is 3.73. The molecule has 3 fully saturated rings. The van der Waals surface area contributed by atoms with Crippen molar-refractivity contribution >= 4 is 43.8 Å². The molecule has 0 amide bonds. The van der Waals surface area contributed by atoms with Gasteiger partial charge in [-0.25, -0.2) is 42.8 Å². The fourth-order valence-electron chi connectivity index (χ4n) is 5.17. The number of aromatic amines is 1. The third-order valence-electron chi connectivity index (χ3n) is 7.15. The standard InChI is InChI=1S/C20H21F2N9O11P2/c21-9-13-7(39-19(9)30-5-28-11-15(23)24-3-25-16(11)30)1-37-44(35,36)42-14-8(2-38-43(33,34)41-13)40-20(10(14)22)31-6-29-12-17(31)26-4-27-18(12)32/h3-10,13-14,19-20H,1-2H2,(H,33,34)(H,35,36)(H2,23,24,25)(H,26,27,32)/t7-,8-,9-,10-,13-,14-,19-,20-/m1/s1. The Morgan fingerprint density at radius 1 is 0.841 bits per heavy atom. The Labute approximate surface area is 242 Å². The van der Waals surface area contributed by atoms with Crippen LogP contribution >= 0.6 is 15.6 Å². The van der Waals surface area contributed by atoms with Gasteiger partial charge < -0.3 is 30.0 Å². The molecule has 3 aliphatic heterocycles. The second-order valence-corrected chi connectivity index (χ2v) is 12.6. The van der Waals surface area contributed by atoms with Gasteiger partial charge in [0.15, 0.2) is 47.4 Å². The Kier molecular flexibility index (Phi) is 7.12. The van der Waals surface area contributed by atoms with Gasteiger partial charge in [-0.2, -0.15) is 0 Å². The number of nitrogens with two attached hydrogens (primary N) is 1. The number of ether oxygens (including phenoxy) is 2. The molecule has 5 N–H and O–H groups in total. The normalized spacial score (nSPS) is 38.3. The van der Waals surface area contributed by atoms with Gasteiger partial charge in [0.05, 0.1) is 32.2 Å². The van der Waals surface area contributed by atoms with Crippen molar-refractivity contribution in [2.75, 3.05) is 18.9 Å². The van der Waals surface area contributed by atoms with Gasteiger partial charge in [-0.15, -0.1) is 0 Å². The van der Waals surface area contributed by atoms with Crippen LogP contribution in [0.5, 0.6) is 0 Å². The molecular formula is C20H21F2N9O11P2. The minimum absolute atomic E-state index is 0.00724. The summed E-state index contributed by atoms with van der Waals surface area (Å²) in [5.74, 6) is -0.00724. The van der Waals surface area contributed by atoms with Crippen LogP contribution in [0.1, 0.15) is 12.5 Å². The zero-order valence-electron chi connectivity index (χ0n) is 21.8.